The van der Waals surface area contributed by atoms with E-state index in [1.807, 2.05) is 0 Å². The van der Waals surface area contributed by atoms with Crippen LogP contribution in [0, 0.1) is 17.1 Å². The summed E-state index contributed by atoms with van der Waals surface area (Å²) in [6, 6.07) is 4.21. The number of primary amides is 1. The third-order valence-corrected chi connectivity index (χ3v) is 8.81. The molecule has 3 saturated heterocycles. The number of halogens is 1. The van der Waals surface area contributed by atoms with Crippen molar-refractivity contribution >= 4 is 23.4 Å². The first-order valence-corrected chi connectivity index (χ1v) is 15.6. The average Bonchev–Trinajstić information content (AvgIpc) is 3.03. The molecule has 4 rings (SSSR count). The average molecular weight is 608 g/mol. The summed E-state index contributed by atoms with van der Waals surface area (Å²) in [4.78, 5) is 46.4. The molecular weight excluding hydrogens is 561 g/mol. The van der Waals surface area contributed by atoms with Crippen molar-refractivity contribution in [3.63, 3.8) is 0 Å². The number of rotatable bonds is 11. The first kappa shape index (κ1) is 33.2. The SMILES string of the molecule is C=C/C=C(C(=N)Cc1ccc(F)c(C(=O)N2CCN(C(=O)CN3CCN(CC4CCNCC4)CC3)CC2)c1)\C(=C/C)C(N)=O. The van der Waals surface area contributed by atoms with Crippen LogP contribution >= 0.6 is 0 Å². The quantitative estimate of drug-likeness (QED) is 0.200. The summed E-state index contributed by atoms with van der Waals surface area (Å²) in [7, 11) is 0. The number of hydrogen-bond donors (Lipinski definition) is 3. The van der Waals surface area contributed by atoms with Gasteiger partial charge in [0.05, 0.1) is 12.1 Å². The van der Waals surface area contributed by atoms with E-state index in [0.29, 0.717) is 43.9 Å². The number of nitrogens with one attached hydrogen (secondary N) is 2. The van der Waals surface area contributed by atoms with E-state index in [1.165, 1.54) is 49.3 Å². The Morgan fingerprint density at radius 3 is 2.25 bits per heavy atom. The second kappa shape index (κ2) is 15.9. The lowest BCUT2D eigenvalue weighted by molar-refractivity contribution is -0.134. The van der Waals surface area contributed by atoms with Gasteiger partial charge in [0.25, 0.3) is 5.91 Å². The molecule has 3 heterocycles. The molecule has 4 N–H and O–H groups in total. The smallest absolute Gasteiger partial charge is 0.256 e. The van der Waals surface area contributed by atoms with Gasteiger partial charge in [0.2, 0.25) is 11.8 Å². The summed E-state index contributed by atoms with van der Waals surface area (Å²) in [6.45, 7) is 14.2. The lowest BCUT2D eigenvalue weighted by Gasteiger charge is -2.39. The van der Waals surface area contributed by atoms with Crippen LogP contribution in [-0.2, 0) is 16.0 Å². The van der Waals surface area contributed by atoms with Gasteiger partial charge in [-0.15, -0.1) is 0 Å². The molecule has 0 bridgehead atoms. The Bertz CT molecular complexity index is 1290. The van der Waals surface area contributed by atoms with Crippen molar-refractivity contribution in [2.24, 2.45) is 11.7 Å². The van der Waals surface area contributed by atoms with Gasteiger partial charge in [0.15, 0.2) is 0 Å². The maximum absolute atomic E-state index is 14.8. The largest absolute Gasteiger partial charge is 0.366 e. The van der Waals surface area contributed by atoms with Crippen LogP contribution in [0.15, 0.2) is 54.2 Å². The minimum absolute atomic E-state index is 0.0652. The Morgan fingerprint density at radius 1 is 1.00 bits per heavy atom. The predicted octanol–water partition coefficient (Wildman–Crippen LogP) is 1.83. The molecule has 0 atom stereocenters. The Labute approximate surface area is 259 Å². The molecular formula is C33H46FN7O3. The van der Waals surface area contributed by atoms with Gasteiger partial charge >= 0.3 is 0 Å². The van der Waals surface area contributed by atoms with Gasteiger partial charge in [-0.3, -0.25) is 19.3 Å². The van der Waals surface area contributed by atoms with Crippen molar-refractivity contribution < 1.29 is 18.8 Å². The van der Waals surface area contributed by atoms with Crippen LogP contribution in [0.5, 0.6) is 0 Å². The second-order valence-corrected chi connectivity index (χ2v) is 11.8. The van der Waals surface area contributed by atoms with Gasteiger partial charge in [-0.25, -0.2) is 4.39 Å². The molecule has 3 aliphatic heterocycles. The Balaban J connectivity index is 1.27. The van der Waals surface area contributed by atoms with E-state index in [0.717, 1.165) is 51.7 Å². The zero-order valence-electron chi connectivity index (χ0n) is 25.8. The highest BCUT2D eigenvalue weighted by atomic mass is 19.1. The number of carbonyl (C=O) groups is 3. The fourth-order valence-electron chi connectivity index (χ4n) is 6.23. The molecule has 10 nitrogen and oxygen atoms in total. The Kier molecular flexibility index (Phi) is 12.0. The number of nitrogens with zero attached hydrogens (tertiary/aromatic N) is 4. The van der Waals surface area contributed by atoms with Gasteiger partial charge in [-0.05, 0) is 56.5 Å². The normalized spacial score (nSPS) is 19.6. The minimum Gasteiger partial charge on any atom is -0.366 e. The molecule has 44 heavy (non-hydrogen) atoms. The van der Waals surface area contributed by atoms with E-state index < -0.39 is 17.6 Å². The van der Waals surface area contributed by atoms with Crippen LogP contribution in [0.4, 0.5) is 4.39 Å². The zero-order chi connectivity index (χ0) is 31.6. The highest BCUT2D eigenvalue weighted by molar-refractivity contribution is 6.13. The van der Waals surface area contributed by atoms with Crippen LogP contribution in [0.2, 0.25) is 0 Å². The van der Waals surface area contributed by atoms with E-state index in [1.54, 1.807) is 16.7 Å². The summed E-state index contributed by atoms with van der Waals surface area (Å²) >= 11 is 0. The molecule has 11 heteroatoms. The molecule has 0 aliphatic carbocycles. The topological polar surface area (TPSA) is 126 Å². The van der Waals surface area contributed by atoms with Gasteiger partial charge in [-0.1, -0.05) is 30.9 Å². The zero-order valence-corrected chi connectivity index (χ0v) is 25.8. The number of nitrogens with two attached hydrogens (primary N) is 1. The lowest BCUT2D eigenvalue weighted by Crippen LogP contribution is -2.55. The lowest BCUT2D eigenvalue weighted by atomic mass is 9.94. The van der Waals surface area contributed by atoms with Crippen molar-refractivity contribution in [1.82, 2.24) is 24.9 Å². The number of carbonyl (C=O) groups excluding carboxylic acids is 3. The number of piperidine rings is 1. The first-order valence-electron chi connectivity index (χ1n) is 15.6. The monoisotopic (exact) mass is 607 g/mol. The second-order valence-electron chi connectivity index (χ2n) is 11.8. The molecule has 0 unspecified atom stereocenters. The summed E-state index contributed by atoms with van der Waals surface area (Å²) in [5.74, 6) is -0.920. The van der Waals surface area contributed by atoms with E-state index in [-0.39, 0.29) is 29.2 Å². The van der Waals surface area contributed by atoms with Crippen molar-refractivity contribution in [1.29, 1.82) is 5.41 Å². The molecule has 3 aliphatic rings. The van der Waals surface area contributed by atoms with Gasteiger partial charge in [0, 0.05) is 82.2 Å². The van der Waals surface area contributed by atoms with Crippen LogP contribution in [0.3, 0.4) is 0 Å². The fraction of sp³-hybridized carbons (Fsp3) is 0.515. The third kappa shape index (κ3) is 8.71. The molecule has 0 spiro atoms. The molecule has 0 saturated carbocycles. The van der Waals surface area contributed by atoms with Crippen molar-refractivity contribution in [3.05, 3.63) is 71.1 Å². The summed E-state index contributed by atoms with van der Waals surface area (Å²) in [5.41, 5.74) is 6.57. The molecule has 3 amide bonds. The maximum atomic E-state index is 14.8. The third-order valence-electron chi connectivity index (χ3n) is 8.81. The summed E-state index contributed by atoms with van der Waals surface area (Å²) in [5, 5.41) is 12.0. The molecule has 0 radical (unpaired) electrons. The van der Waals surface area contributed by atoms with Crippen molar-refractivity contribution in [3.8, 4) is 0 Å². The number of piperazine rings is 2. The van der Waals surface area contributed by atoms with Gasteiger partial charge in [-0.2, -0.15) is 0 Å². The van der Waals surface area contributed by atoms with E-state index >= 15 is 0 Å². The van der Waals surface area contributed by atoms with E-state index in [9.17, 15) is 18.8 Å². The number of hydrogen-bond acceptors (Lipinski definition) is 7. The molecule has 1 aromatic carbocycles. The van der Waals surface area contributed by atoms with Crippen LogP contribution in [0.25, 0.3) is 0 Å². The van der Waals surface area contributed by atoms with E-state index in [4.69, 9.17) is 11.1 Å². The number of benzene rings is 1. The first-order chi connectivity index (χ1) is 21.2. The highest BCUT2D eigenvalue weighted by Crippen LogP contribution is 2.20. The van der Waals surface area contributed by atoms with Gasteiger partial charge in [0.1, 0.15) is 5.82 Å². The molecule has 3 fully saturated rings. The van der Waals surface area contributed by atoms with Crippen molar-refractivity contribution in [2.75, 3.05) is 78.5 Å². The number of allylic oxidation sites excluding steroid dienone is 3. The van der Waals surface area contributed by atoms with E-state index in [2.05, 4.69) is 21.7 Å². The standard InChI is InChI=1S/C33H46FN7O3/c1-3-5-27(26(4-2)32(36)43)30(35)21-25-6-7-29(34)28(20-25)33(44)41-18-16-40(17-19-41)31(42)23-39-14-12-38(13-15-39)22-24-8-10-37-11-9-24/h3-7,20,24,35,37H,1,8-19,21-23H2,2H3,(H2,36,43)/b26-4+,27-5+,35-30?. The Morgan fingerprint density at radius 2 is 1.64 bits per heavy atom. The summed E-state index contributed by atoms with van der Waals surface area (Å²) < 4.78 is 14.8. The van der Waals surface area contributed by atoms with Crippen LogP contribution in [0.1, 0.15) is 35.7 Å². The van der Waals surface area contributed by atoms with Gasteiger partial charge < -0.3 is 31.2 Å². The summed E-state index contributed by atoms with van der Waals surface area (Å²) in [6.07, 6.45) is 7.08. The highest BCUT2D eigenvalue weighted by Gasteiger charge is 2.29. The molecule has 1 aromatic rings. The molecule has 0 aromatic heterocycles. The van der Waals surface area contributed by atoms with Crippen molar-refractivity contribution in [2.45, 2.75) is 26.2 Å². The fourth-order valence-corrected chi connectivity index (χ4v) is 6.23. The number of amides is 3. The van der Waals surface area contributed by atoms with Crippen LogP contribution in [-0.4, -0.2) is 122 Å². The van der Waals surface area contributed by atoms with Crippen LogP contribution < -0.4 is 11.1 Å². The Hall–Kier alpha value is -3.67. The minimum atomic E-state index is -0.663. The molecule has 238 valence electrons. The maximum Gasteiger partial charge on any atom is 0.256 e. The predicted molar refractivity (Wildman–Crippen MR) is 170 cm³/mol.